The standard InChI is InChI=1S/C19H20N2O2/c1-5-18(22)20-15-8-6-7-14(13(15)4)19-21-16-9-11(2)12(3)10-17(16)23-19/h6-10H,5H2,1-4H3,(H,20,22). The molecule has 1 aromatic heterocycles. The zero-order valence-corrected chi connectivity index (χ0v) is 13.9. The van der Waals surface area contributed by atoms with Crippen LogP contribution in [-0.4, -0.2) is 10.9 Å². The van der Waals surface area contributed by atoms with Gasteiger partial charge in [0.15, 0.2) is 5.58 Å². The molecule has 0 aliphatic carbocycles. The Kier molecular flexibility index (Phi) is 3.90. The second-order valence-corrected chi connectivity index (χ2v) is 5.80. The van der Waals surface area contributed by atoms with Crippen molar-refractivity contribution in [3.63, 3.8) is 0 Å². The summed E-state index contributed by atoms with van der Waals surface area (Å²) in [7, 11) is 0. The van der Waals surface area contributed by atoms with Crippen molar-refractivity contribution < 1.29 is 9.21 Å². The maximum atomic E-state index is 11.6. The first-order chi connectivity index (χ1) is 11.0. The maximum absolute atomic E-state index is 11.6. The van der Waals surface area contributed by atoms with Crippen molar-refractivity contribution in [2.24, 2.45) is 0 Å². The average Bonchev–Trinajstić information content (AvgIpc) is 2.92. The van der Waals surface area contributed by atoms with Gasteiger partial charge in [-0.25, -0.2) is 4.98 Å². The molecule has 1 heterocycles. The Morgan fingerprint density at radius 3 is 2.65 bits per heavy atom. The van der Waals surface area contributed by atoms with Crippen molar-refractivity contribution >= 4 is 22.7 Å². The van der Waals surface area contributed by atoms with Crippen molar-refractivity contribution in [3.05, 3.63) is 47.0 Å². The number of nitrogens with one attached hydrogen (secondary N) is 1. The highest BCUT2D eigenvalue weighted by atomic mass is 16.3. The zero-order chi connectivity index (χ0) is 16.6. The van der Waals surface area contributed by atoms with Crippen molar-refractivity contribution in [1.82, 2.24) is 4.98 Å². The van der Waals surface area contributed by atoms with Gasteiger partial charge in [0, 0.05) is 17.7 Å². The van der Waals surface area contributed by atoms with E-state index in [1.807, 2.05) is 44.2 Å². The molecular formula is C19H20N2O2. The van der Waals surface area contributed by atoms with E-state index in [1.54, 1.807) is 0 Å². The molecule has 3 rings (SSSR count). The number of rotatable bonds is 3. The summed E-state index contributed by atoms with van der Waals surface area (Å²) in [6.07, 6.45) is 0.450. The van der Waals surface area contributed by atoms with Crippen molar-refractivity contribution in [3.8, 4) is 11.5 Å². The molecule has 0 fully saturated rings. The number of nitrogens with zero attached hydrogens (tertiary/aromatic N) is 1. The molecular weight excluding hydrogens is 288 g/mol. The number of carbonyl (C=O) groups excluding carboxylic acids is 1. The second-order valence-electron chi connectivity index (χ2n) is 5.80. The molecule has 0 radical (unpaired) electrons. The minimum Gasteiger partial charge on any atom is -0.436 e. The van der Waals surface area contributed by atoms with Crippen LogP contribution in [0.5, 0.6) is 0 Å². The highest BCUT2D eigenvalue weighted by Crippen LogP contribution is 2.31. The Morgan fingerprint density at radius 1 is 1.17 bits per heavy atom. The fourth-order valence-electron chi connectivity index (χ4n) is 2.54. The normalized spacial score (nSPS) is 11.0. The molecule has 0 atom stereocenters. The Balaban J connectivity index is 2.08. The predicted octanol–water partition coefficient (Wildman–Crippen LogP) is 4.77. The van der Waals surface area contributed by atoms with E-state index in [-0.39, 0.29) is 5.91 Å². The van der Waals surface area contributed by atoms with Gasteiger partial charge in [-0.2, -0.15) is 0 Å². The molecule has 0 unspecified atom stereocenters. The van der Waals surface area contributed by atoms with Crippen molar-refractivity contribution in [2.75, 3.05) is 5.32 Å². The van der Waals surface area contributed by atoms with Crippen LogP contribution in [0.4, 0.5) is 5.69 Å². The lowest BCUT2D eigenvalue weighted by Crippen LogP contribution is -2.10. The molecule has 0 aliphatic rings. The van der Waals surface area contributed by atoms with Crippen LogP contribution in [0, 0.1) is 20.8 Å². The quantitative estimate of drug-likeness (QED) is 0.758. The third-order valence-electron chi connectivity index (χ3n) is 4.16. The molecule has 1 N–H and O–H groups in total. The third kappa shape index (κ3) is 2.84. The summed E-state index contributed by atoms with van der Waals surface area (Å²) in [5.41, 5.74) is 6.65. The largest absolute Gasteiger partial charge is 0.436 e. The minimum atomic E-state index is -0.00550. The van der Waals surface area contributed by atoms with Gasteiger partial charge in [-0.1, -0.05) is 13.0 Å². The van der Waals surface area contributed by atoms with Crippen LogP contribution in [0.2, 0.25) is 0 Å². The van der Waals surface area contributed by atoms with Gasteiger partial charge in [-0.05, 0) is 61.7 Å². The van der Waals surface area contributed by atoms with Crippen LogP contribution in [0.15, 0.2) is 34.7 Å². The van der Waals surface area contributed by atoms with Gasteiger partial charge < -0.3 is 9.73 Å². The highest BCUT2D eigenvalue weighted by Gasteiger charge is 2.14. The van der Waals surface area contributed by atoms with Crippen LogP contribution in [-0.2, 0) is 4.79 Å². The number of benzene rings is 2. The van der Waals surface area contributed by atoms with Crippen molar-refractivity contribution in [1.29, 1.82) is 0 Å². The molecule has 0 saturated carbocycles. The van der Waals surface area contributed by atoms with E-state index >= 15 is 0 Å². The molecule has 0 bridgehead atoms. The van der Waals surface area contributed by atoms with E-state index in [9.17, 15) is 4.79 Å². The molecule has 2 aromatic carbocycles. The zero-order valence-electron chi connectivity index (χ0n) is 13.9. The van der Waals surface area contributed by atoms with E-state index in [0.29, 0.717) is 12.3 Å². The van der Waals surface area contributed by atoms with Crippen LogP contribution in [0.1, 0.15) is 30.0 Å². The first-order valence-corrected chi connectivity index (χ1v) is 7.77. The molecule has 23 heavy (non-hydrogen) atoms. The van der Waals surface area contributed by atoms with Crippen LogP contribution in [0.25, 0.3) is 22.6 Å². The van der Waals surface area contributed by atoms with E-state index in [1.165, 1.54) is 11.1 Å². The second kappa shape index (κ2) is 5.88. The summed E-state index contributed by atoms with van der Waals surface area (Å²) in [4.78, 5) is 16.3. The number of oxazole rings is 1. The number of hydrogen-bond acceptors (Lipinski definition) is 3. The first kappa shape index (κ1) is 15.3. The van der Waals surface area contributed by atoms with E-state index in [4.69, 9.17) is 4.42 Å². The minimum absolute atomic E-state index is 0.00550. The third-order valence-corrected chi connectivity index (χ3v) is 4.16. The maximum Gasteiger partial charge on any atom is 0.227 e. The van der Waals surface area contributed by atoms with E-state index in [2.05, 4.69) is 24.1 Å². The van der Waals surface area contributed by atoms with Gasteiger partial charge >= 0.3 is 0 Å². The number of hydrogen-bond donors (Lipinski definition) is 1. The Labute approximate surface area is 135 Å². The summed E-state index contributed by atoms with van der Waals surface area (Å²) >= 11 is 0. The van der Waals surface area contributed by atoms with Gasteiger partial charge in [0.1, 0.15) is 5.52 Å². The molecule has 1 amide bonds. The molecule has 4 nitrogen and oxygen atoms in total. The van der Waals surface area contributed by atoms with Gasteiger partial charge in [0.2, 0.25) is 11.8 Å². The summed E-state index contributed by atoms with van der Waals surface area (Å²) in [5.74, 6) is 0.573. The van der Waals surface area contributed by atoms with E-state index < -0.39 is 0 Å². The monoisotopic (exact) mass is 308 g/mol. The van der Waals surface area contributed by atoms with Crippen LogP contribution in [0.3, 0.4) is 0 Å². The Bertz CT molecular complexity index is 855. The summed E-state index contributed by atoms with van der Waals surface area (Å²) < 4.78 is 5.93. The van der Waals surface area contributed by atoms with Crippen molar-refractivity contribution in [2.45, 2.75) is 34.1 Å². The molecule has 4 heteroatoms. The molecule has 0 saturated heterocycles. The predicted molar refractivity (Wildman–Crippen MR) is 92.6 cm³/mol. The smallest absolute Gasteiger partial charge is 0.227 e. The lowest BCUT2D eigenvalue weighted by Gasteiger charge is -2.09. The number of fused-ring (bicyclic) bond motifs is 1. The Hall–Kier alpha value is -2.62. The lowest BCUT2D eigenvalue weighted by molar-refractivity contribution is -0.115. The number of aryl methyl sites for hydroxylation is 2. The van der Waals surface area contributed by atoms with Crippen LogP contribution < -0.4 is 5.32 Å². The van der Waals surface area contributed by atoms with Gasteiger partial charge in [-0.3, -0.25) is 4.79 Å². The van der Waals surface area contributed by atoms with Gasteiger partial charge in [0.25, 0.3) is 0 Å². The summed E-state index contributed by atoms with van der Waals surface area (Å²) in [6.45, 7) is 7.92. The molecule has 3 aromatic rings. The van der Waals surface area contributed by atoms with E-state index in [0.717, 1.165) is 27.9 Å². The molecule has 118 valence electrons. The van der Waals surface area contributed by atoms with Gasteiger partial charge in [0.05, 0.1) is 0 Å². The SMILES string of the molecule is CCC(=O)Nc1cccc(-c2nc3cc(C)c(C)cc3o2)c1C. The average molecular weight is 308 g/mol. The topological polar surface area (TPSA) is 55.1 Å². The highest BCUT2D eigenvalue weighted by molar-refractivity contribution is 5.92. The number of anilines is 1. The lowest BCUT2D eigenvalue weighted by atomic mass is 10.1. The number of carbonyl (C=O) groups is 1. The number of amides is 1. The fourth-order valence-corrected chi connectivity index (χ4v) is 2.54. The molecule has 0 aliphatic heterocycles. The summed E-state index contributed by atoms with van der Waals surface area (Å²) in [5, 5.41) is 2.91. The van der Waals surface area contributed by atoms with Gasteiger partial charge in [-0.15, -0.1) is 0 Å². The fraction of sp³-hybridized carbons (Fsp3) is 0.263. The summed E-state index contributed by atoms with van der Waals surface area (Å²) in [6, 6.07) is 9.80. The Morgan fingerprint density at radius 2 is 1.91 bits per heavy atom. The molecule has 0 spiro atoms. The van der Waals surface area contributed by atoms with Crippen LogP contribution >= 0.6 is 0 Å². The number of aromatic nitrogens is 1. The first-order valence-electron chi connectivity index (χ1n) is 7.77.